The molecule has 0 fully saturated rings. The molecule has 2 heteroatoms. The predicted molar refractivity (Wildman–Crippen MR) is 71.5 cm³/mol. The number of nitrogens with two attached hydrogens (primary N) is 1. The van der Waals surface area contributed by atoms with Gasteiger partial charge >= 0.3 is 0 Å². The van der Waals surface area contributed by atoms with Gasteiger partial charge in [-0.2, -0.15) is 0 Å². The molecule has 86 valence electrons. The second-order valence-corrected chi connectivity index (χ2v) is 12.1. The quantitative estimate of drug-likeness (QED) is 0.670. The average Bonchev–Trinajstić information content (AvgIpc) is 2.00. The van der Waals surface area contributed by atoms with Crippen LogP contribution < -0.4 is 5.73 Å². The highest BCUT2D eigenvalue weighted by Crippen LogP contribution is 2.58. The first kappa shape index (κ1) is 12.6. The molecule has 0 spiro atoms. The van der Waals surface area contributed by atoms with E-state index in [0.29, 0.717) is 10.5 Å². The van der Waals surface area contributed by atoms with E-state index in [0.717, 1.165) is 12.1 Å². The van der Waals surface area contributed by atoms with Crippen LogP contribution in [0.1, 0.15) is 27.2 Å². The normalized spacial score (nSPS) is 27.7. The molecule has 0 aromatic rings. The van der Waals surface area contributed by atoms with Gasteiger partial charge in [-0.05, 0) is 23.0 Å². The van der Waals surface area contributed by atoms with Crippen LogP contribution in [0.3, 0.4) is 0 Å². The number of hydrogen-bond acceptors (Lipinski definition) is 1. The molecule has 1 aliphatic rings. The van der Waals surface area contributed by atoms with Crippen molar-refractivity contribution in [1.82, 2.24) is 0 Å². The van der Waals surface area contributed by atoms with Gasteiger partial charge in [0.05, 0.1) is 8.07 Å². The standard InChI is InChI=1S/C13H25NSi/c1-12(2,3)13(15(4,5)6)9-7-11(14)8-10-13/h7-9H,10,14H2,1-6H3. The SMILES string of the molecule is CC(C)(C)C1([Si](C)(C)C)C=CC(N)=CC1. The fourth-order valence-electron chi connectivity index (χ4n) is 2.89. The van der Waals surface area contributed by atoms with E-state index in [1.165, 1.54) is 0 Å². The van der Waals surface area contributed by atoms with Gasteiger partial charge in [0.1, 0.15) is 0 Å². The largest absolute Gasteiger partial charge is 0.399 e. The lowest BCUT2D eigenvalue weighted by molar-refractivity contribution is 0.298. The lowest BCUT2D eigenvalue weighted by atomic mass is 9.75. The molecule has 15 heavy (non-hydrogen) atoms. The molecule has 1 unspecified atom stereocenters. The topological polar surface area (TPSA) is 26.0 Å². The molecule has 1 nitrogen and oxygen atoms in total. The van der Waals surface area contributed by atoms with Crippen LogP contribution >= 0.6 is 0 Å². The molecule has 0 aliphatic heterocycles. The van der Waals surface area contributed by atoms with E-state index in [9.17, 15) is 0 Å². The first-order valence-electron chi connectivity index (χ1n) is 5.75. The molecule has 0 saturated carbocycles. The minimum atomic E-state index is -1.26. The van der Waals surface area contributed by atoms with E-state index in [-0.39, 0.29) is 0 Å². The molecule has 0 amide bonds. The third-order valence-electron chi connectivity index (χ3n) is 3.90. The van der Waals surface area contributed by atoms with Gasteiger partial charge in [-0.25, -0.2) is 0 Å². The van der Waals surface area contributed by atoms with E-state index in [1.807, 2.05) is 0 Å². The van der Waals surface area contributed by atoms with Crippen LogP contribution in [0.5, 0.6) is 0 Å². The highest BCUT2D eigenvalue weighted by atomic mass is 28.3. The first-order chi connectivity index (χ1) is 6.60. The monoisotopic (exact) mass is 223 g/mol. The maximum Gasteiger partial charge on any atom is 0.0560 e. The summed E-state index contributed by atoms with van der Waals surface area (Å²) in [6, 6.07) is 0. The highest BCUT2D eigenvalue weighted by Gasteiger charge is 2.49. The lowest BCUT2D eigenvalue weighted by Crippen LogP contribution is -2.47. The average molecular weight is 223 g/mol. The summed E-state index contributed by atoms with van der Waals surface area (Å²) >= 11 is 0. The van der Waals surface area contributed by atoms with Crippen LogP contribution in [0.2, 0.25) is 24.7 Å². The van der Waals surface area contributed by atoms with Crippen LogP contribution in [0.15, 0.2) is 23.9 Å². The molecular weight excluding hydrogens is 198 g/mol. The predicted octanol–water partition coefficient (Wildman–Crippen LogP) is 3.91. The minimum Gasteiger partial charge on any atom is -0.399 e. The van der Waals surface area contributed by atoms with Crippen molar-refractivity contribution in [1.29, 1.82) is 0 Å². The van der Waals surface area contributed by atoms with Gasteiger partial charge in [-0.3, -0.25) is 0 Å². The number of hydrogen-bond donors (Lipinski definition) is 1. The Labute approximate surface area is 95.5 Å². The summed E-state index contributed by atoms with van der Waals surface area (Å²) in [6.45, 7) is 14.4. The van der Waals surface area contributed by atoms with Crippen LogP contribution in [0.25, 0.3) is 0 Å². The van der Waals surface area contributed by atoms with Crippen molar-refractivity contribution >= 4 is 8.07 Å². The fourth-order valence-corrected chi connectivity index (χ4v) is 6.44. The Balaban J connectivity index is 3.19. The molecule has 1 atom stereocenters. The summed E-state index contributed by atoms with van der Waals surface area (Å²) in [4.78, 5) is 0. The van der Waals surface area contributed by atoms with Crippen molar-refractivity contribution in [3.05, 3.63) is 23.9 Å². The third-order valence-corrected chi connectivity index (χ3v) is 7.69. The van der Waals surface area contributed by atoms with Crippen LogP contribution in [0, 0.1) is 5.41 Å². The van der Waals surface area contributed by atoms with Gasteiger partial charge in [-0.15, -0.1) is 0 Å². The van der Waals surface area contributed by atoms with Crippen molar-refractivity contribution in [3.8, 4) is 0 Å². The fraction of sp³-hybridized carbons (Fsp3) is 0.692. The van der Waals surface area contributed by atoms with E-state index in [2.05, 4.69) is 58.6 Å². The molecule has 0 saturated heterocycles. The molecule has 1 aliphatic carbocycles. The zero-order valence-corrected chi connectivity index (χ0v) is 12.0. The molecule has 0 heterocycles. The Morgan fingerprint density at radius 2 is 1.80 bits per heavy atom. The Morgan fingerprint density at radius 3 is 2.07 bits per heavy atom. The second-order valence-electron chi connectivity index (χ2n) is 6.71. The van der Waals surface area contributed by atoms with Crippen LogP contribution in [0.4, 0.5) is 0 Å². The van der Waals surface area contributed by atoms with Crippen molar-refractivity contribution in [2.24, 2.45) is 11.1 Å². The first-order valence-corrected chi connectivity index (χ1v) is 9.25. The van der Waals surface area contributed by atoms with Crippen LogP contribution in [-0.2, 0) is 0 Å². The summed E-state index contributed by atoms with van der Waals surface area (Å²) in [7, 11) is -1.26. The summed E-state index contributed by atoms with van der Waals surface area (Å²) < 4.78 is 0. The Bertz CT molecular complexity index is 285. The van der Waals surface area contributed by atoms with Crippen molar-refractivity contribution in [3.63, 3.8) is 0 Å². The zero-order chi connectivity index (χ0) is 11.9. The molecular formula is C13H25NSi. The van der Waals surface area contributed by atoms with Gasteiger partial charge in [0.2, 0.25) is 0 Å². The third kappa shape index (κ3) is 2.05. The lowest BCUT2D eigenvalue weighted by Gasteiger charge is -2.52. The maximum atomic E-state index is 5.83. The second kappa shape index (κ2) is 3.51. The molecule has 1 rings (SSSR count). The van der Waals surface area contributed by atoms with Crippen molar-refractivity contribution in [2.75, 3.05) is 0 Å². The summed E-state index contributed by atoms with van der Waals surface area (Å²) in [5.41, 5.74) is 7.07. The number of rotatable bonds is 1. The van der Waals surface area contributed by atoms with Gasteiger partial charge in [0.15, 0.2) is 0 Å². The molecule has 0 aromatic heterocycles. The van der Waals surface area contributed by atoms with Gasteiger partial charge in [-0.1, -0.05) is 52.6 Å². The molecule has 2 N–H and O–H groups in total. The number of allylic oxidation sites excluding steroid dienone is 3. The molecule has 0 radical (unpaired) electrons. The van der Waals surface area contributed by atoms with Gasteiger partial charge in [0, 0.05) is 5.70 Å². The Morgan fingerprint density at radius 1 is 1.27 bits per heavy atom. The van der Waals surface area contributed by atoms with E-state index in [1.54, 1.807) is 0 Å². The van der Waals surface area contributed by atoms with E-state index >= 15 is 0 Å². The smallest absolute Gasteiger partial charge is 0.0560 e. The van der Waals surface area contributed by atoms with Gasteiger partial charge in [0.25, 0.3) is 0 Å². The van der Waals surface area contributed by atoms with Gasteiger partial charge < -0.3 is 5.73 Å². The Kier molecular flexibility index (Phi) is 2.94. The van der Waals surface area contributed by atoms with Crippen molar-refractivity contribution < 1.29 is 0 Å². The van der Waals surface area contributed by atoms with Crippen LogP contribution in [-0.4, -0.2) is 8.07 Å². The zero-order valence-electron chi connectivity index (χ0n) is 11.0. The molecule has 0 aromatic carbocycles. The maximum absolute atomic E-state index is 5.83. The Hall–Kier alpha value is -0.503. The highest BCUT2D eigenvalue weighted by molar-refractivity contribution is 6.80. The minimum absolute atomic E-state index is 0.311. The molecule has 0 bridgehead atoms. The summed E-state index contributed by atoms with van der Waals surface area (Å²) in [5, 5.41) is 0.336. The van der Waals surface area contributed by atoms with E-state index < -0.39 is 8.07 Å². The van der Waals surface area contributed by atoms with E-state index in [4.69, 9.17) is 5.73 Å². The summed E-state index contributed by atoms with van der Waals surface area (Å²) in [5.74, 6) is 0. The summed E-state index contributed by atoms with van der Waals surface area (Å²) in [6.07, 6.45) is 7.79. The van der Waals surface area contributed by atoms with Crippen molar-refractivity contribution in [2.45, 2.75) is 51.9 Å².